The smallest absolute Gasteiger partial charge is 0.368 e. The predicted octanol–water partition coefficient (Wildman–Crippen LogP) is 1.58. The number of aromatic nitrogens is 2. The molecule has 0 bridgehead atoms. The largest absolute Gasteiger partial charge is 0.397 e. The average Bonchev–Trinajstić information content (AvgIpc) is 2.82. The van der Waals surface area contributed by atoms with Gasteiger partial charge in [-0.15, -0.1) is 0 Å². The molecule has 3 N–H and O–H groups in total. The van der Waals surface area contributed by atoms with Crippen LogP contribution in [0.2, 0.25) is 0 Å². The van der Waals surface area contributed by atoms with Crippen LogP contribution in [0, 0.1) is 11.8 Å². The lowest BCUT2D eigenvalue weighted by atomic mass is 9.91. The van der Waals surface area contributed by atoms with Crippen molar-refractivity contribution in [2.24, 2.45) is 11.8 Å². The summed E-state index contributed by atoms with van der Waals surface area (Å²) < 4.78 is 37.0. The number of nitrogens with two attached hydrogens (primary N) is 1. The summed E-state index contributed by atoms with van der Waals surface area (Å²) in [5.41, 5.74) is 6.32. The molecule has 0 spiro atoms. The Morgan fingerprint density at radius 1 is 1.38 bits per heavy atom. The lowest BCUT2D eigenvalue weighted by Gasteiger charge is -2.23. The fourth-order valence-electron chi connectivity index (χ4n) is 3.02. The molecule has 1 aliphatic heterocycles. The third-order valence-electron chi connectivity index (χ3n) is 4.14. The molecule has 0 aliphatic carbocycles. The van der Waals surface area contributed by atoms with Crippen LogP contribution in [0.15, 0.2) is 12.4 Å². The van der Waals surface area contributed by atoms with Crippen molar-refractivity contribution >= 4 is 11.9 Å². The Kier molecular flexibility index (Phi) is 5.63. The minimum Gasteiger partial charge on any atom is -0.368 e. The van der Waals surface area contributed by atoms with E-state index < -0.39 is 18.5 Å². The van der Waals surface area contributed by atoms with E-state index in [0.717, 1.165) is 5.56 Å². The summed E-state index contributed by atoms with van der Waals surface area (Å²) in [6.45, 7) is 5.76. The van der Waals surface area contributed by atoms with Crippen LogP contribution < -0.4 is 11.1 Å². The summed E-state index contributed by atoms with van der Waals surface area (Å²) in [5, 5.41) is 2.54. The number of carbonyl (C=O) groups is 1. The van der Waals surface area contributed by atoms with Gasteiger partial charge in [0.25, 0.3) is 0 Å². The van der Waals surface area contributed by atoms with Gasteiger partial charge in [-0.1, -0.05) is 13.8 Å². The second kappa shape index (κ2) is 7.33. The van der Waals surface area contributed by atoms with Crippen LogP contribution >= 0.6 is 0 Å². The first-order valence-corrected chi connectivity index (χ1v) is 7.79. The van der Waals surface area contributed by atoms with E-state index in [0.29, 0.717) is 19.6 Å². The maximum Gasteiger partial charge on any atom is 0.397 e. The molecule has 1 fully saturated rings. The Bertz CT molecular complexity index is 561. The molecule has 2 rings (SSSR count). The van der Waals surface area contributed by atoms with Crippen LogP contribution in [0.25, 0.3) is 0 Å². The van der Waals surface area contributed by atoms with Crippen LogP contribution in [0.3, 0.4) is 0 Å². The Balaban J connectivity index is 1.97. The summed E-state index contributed by atoms with van der Waals surface area (Å²) in [5.74, 6) is -0.445. The van der Waals surface area contributed by atoms with Gasteiger partial charge in [-0.25, -0.2) is 9.97 Å². The molecule has 6 nitrogen and oxygen atoms in total. The van der Waals surface area contributed by atoms with Crippen LogP contribution in [0.5, 0.6) is 0 Å². The van der Waals surface area contributed by atoms with Gasteiger partial charge in [0.2, 0.25) is 11.9 Å². The highest BCUT2D eigenvalue weighted by Gasteiger charge is 2.38. The second-order valence-corrected chi connectivity index (χ2v) is 6.52. The SMILES string of the molecule is CC(C)[C@H]1CN(Cc2cnc(N)nc2)C[C@@H]1NC(=O)CC(F)(F)F. The van der Waals surface area contributed by atoms with Gasteiger partial charge in [0.1, 0.15) is 6.42 Å². The Morgan fingerprint density at radius 3 is 2.54 bits per heavy atom. The standard InChI is InChI=1S/C15H22F3N5O/c1-9(2)11-7-23(6-10-4-20-14(19)21-5-10)8-12(11)22-13(24)3-15(16,17)18/h4-5,9,11-12H,3,6-8H2,1-2H3,(H,22,24)(H2,19,20,21)/t11-,12+/m1/s1. The molecule has 0 unspecified atom stereocenters. The van der Waals surface area contributed by atoms with Gasteiger partial charge in [-0.2, -0.15) is 13.2 Å². The molecule has 134 valence electrons. The maximum absolute atomic E-state index is 12.3. The van der Waals surface area contributed by atoms with Gasteiger partial charge in [-0.3, -0.25) is 9.69 Å². The van der Waals surface area contributed by atoms with Gasteiger partial charge in [-0.05, 0) is 11.8 Å². The van der Waals surface area contributed by atoms with E-state index in [1.54, 1.807) is 12.4 Å². The molecule has 0 saturated carbocycles. The monoisotopic (exact) mass is 345 g/mol. The number of hydrogen-bond donors (Lipinski definition) is 2. The fourth-order valence-corrected chi connectivity index (χ4v) is 3.02. The number of carbonyl (C=O) groups excluding carboxylic acids is 1. The van der Waals surface area contributed by atoms with Crippen molar-refractivity contribution in [3.8, 4) is 0 Å². The number of halogens is 3. The molecule has 1 aromatic heterocycles. The number of amides is 1. The normalized spacial score (nSPS) is 22.1. The molecule has 0 radical (unpaired) electrons. The van der Waals surface area contributed by atoms with Crippen molar-refractivity contribution in [3.05, 3.63) is 18.0 Å². The summed E-state index contributed by atoms with van der Waals surface area (Å²) in [7, 11) is 0. The molecule has 0 aromatic carbocycles. The van der Waals surface area contributed by atoms with Gasteiger partial charge in [0.15, 0.2) is 0 Å². The highest BCUT2D eigenvalue weighted by Crippen LogP contribution is 2.26. The van der Waals surface area contributed by atoms with Crippen molar-refractivity contribution in [3.63, 3.8) is 0 Å². The van der Waals surface area contributed by atoms with Gasteiger partial charge >= 0.3 is 6.18 Å². The fraction of sp³-hybridized carbons (Fsp3) is 0.667. The first-order valence-electron chi connectivity index (χ1n) is 7.79. The Morgan fingerprint density at radius 2 is 2.00 bits per heavy atom. The van der Waals surface area contributed by atoms with Gasteiger partial charge < -0.3 is 11.1 Å². The number of nitrogens with one attached hydrogen (secondary N) is 1. The summed E-state index contributed by atoms with van der Waals surface area (Å²) in [6, 6.07) is -0.297. The van der Waals surface area contributed by atoms with E-state index in [4.69, 9.17) is 5.73 Å². The molecule has 1 saturated heterocycles. The first kappa shape index (κ1) is 18.4. The predicted molar refractivity (Wildman–Crippen MR) is 82.7 cm³/mol. The quantitative estimate of drug-likeness (QED) is 0.847. The van der Waals surface area contributed by atoms with Crippen molar-refractivity contribution in [2.75, 3.05) is 18.8 Å². The zero-order chi connectivity index (χ0) is 17.9. The van der Waals surface area contributed by atoms with E-state index in [2.05, 4.69) is 20.2 Å². The minimum atomic E-state index is -4.49. The average molecular weight is 345 g/mol. The number of anilines is 1. The molecule has 1 amide bonds. The molecular formula is C15H22F3N5O. The number of nitrogens with zero attached hydrogens (tertiary/aromatic N) is 3. The zero-order valence-corrected chi connectivity index (χ0v) is 13.7. The third-order valence-corrected chi connectivity index (χ3v) is 4.14. The Hall–Kier alpha value is -1.90. The molecule has 2 heterocycles. The van der Waals surface area contributed by atoms with E-state index >= 15 is 0 Å². The maximum atomic E-state index is 12.3. The number of rotatable bonds is 5. The summed E-state index contributed by atoms with van der Waals surface area (Å²) in [6.07, 6.45) is -2.68. The molecule has 24 heavy (non-hydrogen) atoms. The second-order valence-electron chi connectivity index (χ2n) is 6.52. The molecule has 1 aromatic rings. The topological polar surface area (TPSA) is 84.1 Å². The zero-order valence-electron chi connectivity index (χ0n) is 13.7. The van der Waals surface area contributed by atoms with Crippen molar-refractivity contribution in [2.45, 2.75) is 39.0 Å². The van der Waals surface area contributed by atoms with Crippen LogP contribution in [0.4, 0.5) is 19.1 Å². The molecule has 2 atom stereocenters. The van der Waals surface area contributed by atoms with E-state index in [-0.39, 0.29) is 23.8 Å². The summed E-state index contributed by atoms with van der Waals surface area (Å²) in [4.78, 5) is 21.5. The van der Waals surface area contributed by atoms with Gasteiger partial charge in [0.05, 0.1) is 0 Å². The third kappa shape index (κ3) is 5.33. The van der Waals surface area contributed by atoms with Crippen molar-refractivity contribution < 1.29 is 18.0 Å². The van der Waals surface area contributed by atoms with Crippen molar-refractivity contribution in [1.82, 2.24) is 20.2 Å². The number of nitrogen functional groups attached to an aromatic ring is 1. The van der Waals surface area contributed by atoms with Crippen LogP contribution in [-0.4, -0.2) is 46.1 Å². The molecular weight excluding hydrogens is 323 g/mol. The van der Waals surface area contributed by atoms with Crippen LogP contribution in [0.1, 0.15) is 25.8 Å². The van der Waals surface area contributed by atoms with Crippen molar-refractivity contribution in [1.29, 1.82) is 0 Å². The molecule has 9 heteroatoms. The molecule has 1 aliphatic rings. The number of hydrogen-bond acceptors (Lipinski definition) is 5. The Labute approximate surface area is 138 Å². The van der Waals surface area contributed by atoms with E-state index in [1.165, 1.54) is 0 Å². The first-order chi connectivity index (χ1) is 11.1. The lowest BCUT2D eigenvalue weighted by molar-refractivity contribution is -0.154. The minimum absolute atomic E-state index is 0.0943. The number of likely N-dealkylation sites (tertiary alicyclic amines) is 1. The van der Waals surface area contributed by atoms with Gasteiger partial charge in [0, 0.05) is 43.6 Å². The van der Waals surface area contributed by atoms with E-state index in [1.807, 2.05) is 13.8 Å². The highest BCUT2D eigenvalue weighted by molar-refractivity contribution is 5.77. The highest BCUT2D eigenvalue weighted by atomic mass is 19.4. The lowest BCUT2D eigenvalue weighted by Crippen LogP contribution is -2.43. The number of alkyl halides is 3. The van der Waals surface area contributed by atoms with E-state index in [9.17, 15) is 18.0 Å². The van der Waals surface area contributed by atoms with Crippen LogP contribution in [-0.2, 0) is 11.3 Å². The summed E-state index contributed by atoms with van der Waals surface area (Å²) >= 11 is 0.